The van der Waals surface area contributed by atoms with E-state index in [4.69, 9.17) is 5.73 Å². The van der Waals surface area contributed by atoms with Gasteiger partial charge in [0.2, 0.25) is 23.6 Å². The number of piperazine rings is 4. The molecule has 0 spiro atoms. The van der Waals surface area contributed by atoms with Crippen LogP contribution in [0.15, 0.2) is 217 Å². The molecule has 4 fully saturated rings. The Morgan fingerprint density at radius 3 is 1.00 bits per heavy atom. The second-order valence-electron chi connectivity index (χ2n) is 32.8. The highest BCUT2D eigenvalue weighted by Crippen LogP contribution is 2.45. The van der Waals surface area contributed by atoms with E-state index in [1.54, 1.807) is 124 Å². The van der Waals surface area contributed by atoms with Gasteiger partial charge in [0.05, 0.1) is 111 Å². The van der Waals surface area contributed by atoms with Crippen LogP contribution in [0, 0.1) is 0 Å². The van der Waals surface area contributed by atoms with Crippen LogP contribution in [-0.2, 0) is 19.2 Å². The van der Waals surface area contributed by atoms with Gasteiger partial charge in [0.15, 0.2) is 0 Å². The molecule has 38 heteroatoms. The maximum Gasteiger partial charge on any atom is 0.257 e. The monoisotopic (exact) mass is 1940 g/mol. The van der Waals surface area contributed by atoms with Crippen LogP contribution >= 0.6 is 31.9 Å². The normalized spacial score (nSPS) is 14.0. The van der Waals surface area contributed by atoms with E-state index in [1.807, 2.05) is 99.5 Å². The van der Waals surface area contributed by atoms with E-state index in [0.717, 1.165) is 75.5 Å². The number of benzene rings is 2. The zero-order chi connectivity index (χ0) is 93.7. The number of nitrogens with two attached hydrogens (primary N) is 1. The fraction of sp³-hybridized carbons (Fsp3) is 0.292. The highest BCUT2D eigenvalue weighted by Gasteiger charge is 2.33. The van der Waals surface area contributed by atoms with Gasteiger partial charge >= 0.3 is 0 Å². The number of hydrogen-bond donors (Lipinski definition) is 11. The molecule has 692 valence electrons. The highest BCUT2D eigenvalue weighted by atomic mass is 79.9. The standard InChI is InChI=1S/C29H33N7O2.C26H27N7O2.C21H24BrN7O2.C20H22BrN7O2/c1-20(2)31-12-10-25(37)35-13-15-36(16-14-35)27-23(21-7-4-3-5-8-21)18-32-28-26(27)24(19-33-28)34-29(38)22-9-6-11-30-17-22;27-9-8-22(34)32-11-13-33(14-12-32)24-20(18-5-2-1-3-6-18)16-29-25-23(24)21(17-30-25)31-26(35)19-7-4-10-28-15-19;1-27(2)13-17(30)28-6-8-29(9-7-28)19-15(22)11-24-20-18(19)16(12-25-20)26-21(31)14-4-3-5-23-10-14;1-22-12-16(29)27-5-7-28(8-6-27)18-14(21)10-24-19-17(18)15(11-25-19)26-20(30)13-3-2-4-23-9-13/h3-9,11,17-20,31H,10,12-16H2,1-2H3,(H,32,33)(H,34,38);1-7,10,15-17H,8-9,11-14,27H2,(H,29,30)(H,31,35);3-5,10-12H,6-9,13H2,1-2H3,(H,24,25)(H,26,31);2-4,9-11,22H,5-8,12H2,1H3,(H,24,25)(H,26,30). The van der Waals surface area contributed by atoms with Crippen molar-refractivity contribution in [3.05, 3.63) is 240 Å². The Bertz CT molecular complexity index is 6420. The molecule has 18 rings (SSSR count). The van der Waals surface area contributed by atoms with Crippen molar-refractivity contribution in [1.82, 2.24) is 94.9 Å². The molecule has 0 bridgehead atoms. The van der Waals surface area contributed by atoms with Crippen LogP contribution in [0.3, 0.4) is 0 Å². The maximum absolute atomic E-state index is 13.0. The van der Waals surface area contributed by atoms with Gasteiger partial charge in [-0.15, -0.1) is 0 Å². The van der Waals surface area contributed by atoms with Crippen LogP contribution in [0.2, 0.25) is 0 Å². The number of likely N-dealkylation sites (N-methyl/N-ethyl adjacent to an activating group) is 2. The number of nitrogens with zero attached hydrogens (tertiary/aromatic N) is 17. The molecule has 16 heterocycles. The van der Waals surface area contributed by atoms with Crippen molar-refractivity contribution >= 4 is 169 Å². The van der Waals surface area contributed by atoms with Gasteiger partial charge in [-0.25, -0.2) is 19.9 Å². The Morgan fingerprint density at radius 1 is 0.388 bits per heavy atom. The summed E-state index contributed by atoms with van der Waals surface area (Å²) in [6, 6.07) is 34.4. The van der Waals surface area contributed by atoms with Gasteiger partial charge in [0.1, 0.15) is 22.6 Å². The molecule has 12 N–H and O–H groups in total. The fourth-order valence-corrected chi connectivity index (χ4v) is 17.7. The van der Waals surface area contributed by atoms with Crippen molar-refractivity contribution in [1.29, 1.82) is 0 Å². The minimum absolute atomic E-state index is 0.0846. The third kappa shape index (κ3) is 22.6. The second-order valence-corrected chi connectivity index (χ2v) is 34.5. The fourth-order valence-electron chi connectivity index (χ4n) is 16.6. The van der Waals surface area contributed by atoms with Crippen molar-refractivity contribution in [2.75, 3.05) is 193 Å². The smallest absolute Gasteiger partial charge is 0.257 e. The lowest BCUT2D eigenvalue weighted by Crippen LogP contribution is -2.50. The van der Waals surface area contributed by atoms with Gasteiger partial charge in [0, 0.05) is 247 Å². The zero-order valence-electron chi connectivity index (χ0n) is 75.0. The van der Waals surface area contributed by atoms with Crippen molar-refractivity contribution in [3.63, 3.8) is 0 Å². The van der Waals surface area contributed by atoms with E-state index in [2.05, 4.69) is 169 Å². The van der Waals surface area contributed by atoms with E-state index < -0.39 is 0 Å². The maximum atomic E-state index is 13.0. The first kappa shape index (κ1) is 94.2. The van der Waals surface area contributed by atoms with E-state index in [1.165, 1.54) is 18.6 Å². The second kappa shape index (κ2) is 44.7. The Hall–Kier alpha value is -14.4. The van der Waals surface area contributed by atoms with Gasteiger partial charge in [-0.2, -0.15) is 0 Å². The number of halogens is 2. The molecule has 12 aromatic heterocycles. The third-order valence-electron chi connectivity index (χ3n) is 23.3. The molecule has 36 nitrogen and oxygen atoms in total. The highest BCUT2D eigenvalue weighted by molar-refractivity contribution is 9.11. The van der Waals surface area contributed by atoms with Crippen molar-refractivity contribution < 1.29 is 38.4 Å². The molecule has 0 radical (unpaired) electrons. The summed E-state index contributed by atoms with van der Waals surface area (Å²) in [6.07, 6.45) is 27.8. The lowest BCUT2D eigenvalue weighted by Gasteiger charge is -2.37. The van der Waals surface area contributed by atoms with Crippen LogP contribution in [0.5, 0.6) is 0 Å². The summed E-state index contributed by atoms with van der Waals surface area (Å²) in [6.45, 7) is 16.5. The number of carbonyl (C=O) groups excluding carboxylic acids is 8. The number of carbonyl (C=O) groups is 8. The van der Waals surface area contributed by atoms with E-state index >= 15 is 0 Å². The topological polar surface area (TPSA) is 430 Å². The summed E-state index contributed by atoms with van der Waals surface area (Å²) >= 11 is 7.25. The molecule has 0 aliphatic carbocycles. The van der Waals surface area contributed by atoms with E-state index in [9.17, 15) is 38.4 Å². The predicted molar refractivity (Wildman–Crippen MR) is 528 cm³/mol. The molecule has 134 heavy (non-hydrogen) atoms. The molecule has 2 aromatic carbocycles. The summed E-state index contributed by atoms with van der Waals surface area (Å²) in [5.41, 5.74) is 20.8. The number of amides is 8. The minimum atomic E-state index is -0.243. The number of rotatable bonds is 24. The van der Waals surface area contributed by atoms with Crippen molar-refractivity contribution in [2.45, 2.75) is 32.7 Å². The number of pyridine rings is 8. The Balaban J connectivity index is 0.000000137. The number of anilines is 8. The van der Waals surface area contributed by atoms with Crippen LogP contribution in [0.1, 0.15) is 68.1 Å². The lowest BCUT2D eigenvalue weighted by molar-refractivity contribution is -0.132. The van der Waals surface area contributed by atoms with Crippen LogP contribution in [-0.4, -0.2) is 290 Å². The van der Waals surface area contributed by atoms with Gasteiger partial charge in [-0.3, -0.25) is 58.3 Å². The Morgan fingerprint density at radius 2 is 0.694 bits per heavy atom. The number of H-pyrrole nitrogens is 4. The third-order valence-corrected chi connectivity index (χ3v) is 24.4. The summed E-state index contributed by atoms with van der Waals surface area (Å²) in [5.74, 6) is -0.464. The quantitative estimate of drug-likeness (QED) is 0.0268. The molecule has 4 aliphatic rings. The molecule has 0 saturated carbocycles. The zero-order valence-corrected chi connectivity index (χ0v) is 78.1. The summed E-state index contributed by atoms with van der Waals surface area (Å²) in [7, 11) is 5.56. The number of aromatic nitrogens is 12. The average molecular weight is 1940 g/mol. The predicted octanol–water partition coefficient (Wildman–Crippen LogP) is 10.8. The lowest BCUT2D eigenvalue weighted by atomic mass is 10.0. The van der Waals surface area contributed by atoms with Gasteiger partial charge in [0.25, 0.3) is 23.6 Å². The molecular weight excluding hydrogens is 1830 g/mol. The number of nitrogens with one attached hydrogen (secondary N) is 10. The largest absolute Gasteiger partial charge is 0.367 e. The van der Waals surface area contributed by atoms with Gasteiger partial charge < -0.3 is 102 Å². The molecule has 4 saturated heterocycles. The average Bonchev–Trinajstić information content (AvgIpc) is 1.56. The summed E-state index contributed by atoms with van der Waals surface area (Å²) in [4.78, 5) is 166. The summed E-state index contributed by atoms with van der Waals surface area (Å²) in [5, 5.41) is 21.6. The summed E-state index contributed by atoms with van der Waals surface area (Å²) < 4.78 is 1.67. The van der Waals surface area contributed by atoms with Crippen LogP contribution in [0.25, 0.3) is 66.4 Å². The molecule has 8 amide bonds. The molecule has 4 aliphatic heterocycles. The van der Waals surface area contributed by atoms with Gasteiger partial charge in [-0.1, -0.05) is 74.5 Å². The van der Waals surface area contributed by atoms with Gasteiger partial charge in [-0.05, 0) is 113 Å². The van der Waals surface area contributed by atoms with Crippen LogP contribution < -0.4 is 57.2 Å². The van der Waals surface area contributed by atoms with E-state index in [-0.39, 0.29) is 47.3 Å². The van der Waals surface area contributed by atoms with Crippen molar-refractivity contribution in [3.8, 4) is 22.3 Å². The Labute approximate surface area is 790 Å². The minimum Gasteiger partial charge on any atom is -0.367 e. The first-order valence-electron chi connectivity index (χ1n) is 44.3. The molecule has 0 atom stereocenters. The molecule has 0 unspecified atom stereocenters. The number of aromatic amines is 4. The number of hydrogen-bond acceptors (Lipinski definition) is 24. The van der Waals surface area contributed by atoms with E-state index in [0.29, 0.717) is 217 Å². The SMILES string of the molecule is CC(C)NCCC(=O)N1CCN(c2c(-c3ccccc3)cnc3[nH]cc(NC(=O)c4cccnc4)c23)CC1.CN(C)CC(=O)N1CCN(c2c(Br)cnc3[nH]cc(NC(=O)c4cccnc4)c23)CC1.CNCC(=O)N1CCN(c2c(Br)cnc3[nH]cc(NC(=O)c4cccnc4)c23)CC1.NCCC(=O)N1CCN(c2c(-c3ccccc3)cnc3[nH]cc(NC(=O)c4cccnc4)c23)CC1. The first-order valence-corrected chi connectivity index (χ1v) is 45.9. The van der Waals surface area contributed by atoms with Crippen LogP contribution in [0.4, 0.5) is 45.5 Å². The first-order chi connectivity index (χ1) is 65.2. The molecular formula is C96H106Br2N28O8. The number of fused-ring (bicyclic) bond motifs is 4. The Kier molecular flexibility index (Phi) is 31.4. The van der Waals surface area contributed by atoms with Crippen molar-refractivity contribution in [2.24, 2.45) is 5.73 Å². The molecule has 14 aromatic rings.